The van der Waals surface area contributed by atoms with E-state index < -0.39 is 15.6 Å². The normalized spacial score (nSPS) is 11.5. The van der Waals surface area contributed by atoms with Crippen LogP contribution in [0.25, 0.3) is 16.4 Å². The van der Waals surface area contributed by atoms with E-state index >= 15 is 0 Å². The monoisotopic (exact) mass is 1190 g/mol. The molecule has 0 unspecified atom stereocenters. The third-order valence-corrected chi connectivity index (χ3v) is 5.76. The van der Waals surface area contributed by atoms with Crippen LogP contribution in [0.2, 0.25) is 0 Å². The second-order valence-corrected chi connectivity index (χ2v) is 15.5. The minimum atomic E-state index is -10.7. The van der Waals surface area contributed by atoms with Gasteiger partial charge >= 0.3 is 117 Å². The molecule has 0 amide bonds. The molecule has 0 fully saturated rings. The Labute approximate surface area is 413 Å². The first-order valence-corrected chi connectivity index (χ1v) is 21.7. The molecule has 386 valence electrons. The van der Waals surface area contributed by atoms with Gasteiger partial charge in [-0.15, -0.1) is 42.8 Å². The predicted octanol–water partition coefficient (Wildman–Crippen LogP) is 16.5. The summed E-state index contributed by atoms with van der Waals surface area (Å²) in [5.74, 6) is 0. The van der Waals surface area contributed by atoms with Crippen molar-refractivity contribution in [2.75, 3.05) is 27.7 Å². The molecular formula is C43H58F12N4O4P2Ru2-2. The van der Waals surface area contributed by atoms with Gasteiger partial charge < -0.3 is 35.6 Å². The summed E-state index contributed by atoms with van der Waals surface area (Å²) in [4.78, 5) is 34.7. The molecule has 0 saturated heterocycles. The molecule has 4 aromatic carbocycles. The van der Waals surface area contributed by atoms with Crippen LogP contribution in [0.15, 0.2) is 121 Å². The van der Waals surface area contributed by atoms with Gasteiger partial charge in [0.05, 0.1) is 0 Å². The molecule has 67 heavy (non-hydrogen) atoms. The Morgan fingerprint density at radius 1 is 0.627 bits per heavy atom. The third-order valence-electron chi connectivity index (χ3n) is 5.76. The maximum Gasteiger partial charge on any atom is 3.00 e. The first-order valence-electron chi connectivity index (χ1n) is 17.6. The van der Waals surface area contributed by atoms with E-state index in [-0.39, 0.29) is 66.1 Å². The van der Waals surface area contributed by atoms with Crippen LogP contribution in [0, 0.1) is 27.4 Å². The van der Waals surface area contributed by atoms with Crippen LogP contribution in [-0.4, -0.2) is 56.1 Å². The summed E-state index contributed by atoms with van der Waals surface area (Å²) in [6, 6.07) is 40.9. The van der Waals surface area contributed by atoms with E-state index in [1.807, 2.05) is 98.7 Å². The molecule has 8 nitrogen and oxygen atoms in total. The largest absolute Gasteiger partial charge is 3.00 e. The van der Waals surface area contributed by atoms with Gasteiger partial charge in [0.15, 0.2) is 0 Å². The SMILES string of the molecule is CC=[N-].C[C-]=C(C)c1ccccc1CN(C)[N-]CC.C[CH-]c1ccccc1CN(C)C.F[P-](F)(F)(F)(F)F.F[P-](F)(F)(F)(F)F.O=C=O.O=C=O.[CH3-].[CH3-].[Ru+3].[Ru+3].c1ccccc1.c1ccccc1. The Morgan fingerprint density at radius 3 is 1.15 bits per heavy atom. The molecule has 0 heterocycles. The fourth-order valence-electron chi connectivity index (χ4n) is 3.77. The average Bonchev–Trinajstić information content (AvgIpc) is 3.15. The van der Waals surface area contributed by atoms with Crippen LogP contribution in [-0.2, 0) is 71.2 Å². The number of allylic oxidation sites excluding steroid dienone is 2. The molecule has 24 heteroatoms. The van der Waals surface area contributed by atoms with E-state index in [1.54, 1.807) is 6.92 Å². The van der Waals surface area contributed by atoms with Crippen LogP contribution in [0.3, 0.4) is 0 Å². The number of nitrogens with zero attached hydrogens (tertiary/aromatic N) is 4. The van der Waals surface area contributed by atoms with Gasteiger partial charge in [-0.1, -0.05) is 125 Å². The van der Waals surface area contributed by atoms with E-state index in [1.165, 1.54) is 27.8 Å². The van der Waals surface area contributed by atoms with Gasteiger partial charge in [0, 0.05) is 0 Å². The summed E-state index contributed by atoms with van der Waals surface area (Å²) in [6.45, 7) is 12.4. The maximum absolute atomic E-state index is 10.7. The number of hydrogen-bond acceptors (Lipinski definition) is 6. The van der Waals surface area contributed by atoms with Crippen molar-refractivity contribution in [3.05, 3.63) is 182 Å². The predicted molar refractivity (Wildman–Crippen MR) is 241 cm³/mol. The van der Waals surface area contributed by atoms with Crippen molar-refractivity contribution in [1.29, 1.82) is 0 Å². The smallest absolute Gasteiger partial charge is 0.358 e. The molecule has 0 atom stereocenters. The van der Waals surface area contributed by atoms with Crippen LogP contribution in [0.1, 0.15) is 56.9 Å². The summed E-state index contributed by atoms with van der Waals surface area (Å²) >= 11 is 0. The Balaban J connectivity index is -0.0000000847. The number of halogens is 12. The number of hydrogen-bond donors (Lipinski definition) is 0. The number of rotatable bonds is 8. The second kappa shape index (κ2) is 40.0. The minimum Gasteiger partial charge on any atom is -0.358 e. The molecule has 4 aromatic rings. The summed E-state index contributed by atoms with van der Waals surface area (Å²) in [5.41, 5.74) is 10.8. The molecule has 0 aliphatic heterocycles. The minimum absolute atomic E-state index is 0. The van der Waals surface area contributed by atoms with Gasteiger partial charge in [0.2, 0.25) is 0 Å². The Hall–Kier alpha value is -3.93. The summed E-state index contributed by atoms with van der Waals surface area (Å²) in [7, 11) is -15.1. The average molecular weight is 1190 g/mol. The van der Waals surface area contributed by atoms with Gasteiger partial charge in [-0.2, -0.15) is 42.8 Å². The van der Waals surface area contributed by atoms with Crippen molar-refractivity contribution in [3.8, 4) is 0 Å². The first kappa shape index (κ1) is 83.1. The fourth-order valence-corrected chi connectivity index (χ4v) is 3.77. The molecule has 0 aromatic heterocycles. The quantitative estimate of drug-likeness (QED) is 0.0434. The number of benzene rings is 4. The first-order chi connectivity index (χ1) is 28.6. The second-order valence-electron chi connectivity index (χ2n) is 11.7. The molecule has 0 bridgehead atoms. The van der Waals surface area contributed by atoms with E-state index in [4.69, 9.17) is 24.6 Å². The molecule has 0 N–H and O–H groups in total. The van der Waals surface area contributed by atoms with Crippen molar-refractivity contribution in [3.63, 3.8) is 0 Å². The van der Waals surface area contributed by atoms with E-state index in [2.05, 4.69) is 99.3 Å². The topological polar surface area (TPSA) is 111 Å². The van der Waals surface area contributed by atoms with E-state index in [0.29, 0.717) is 0 Å². The molecule has 4 rings (SSSR count). The Bertz CT molecular complexity index is 1730. The van der Waals surface area contributed by atoms with Crippen molar-refractivity contribution in [1.82, 2.24) is 9.91 Å². The van der Waals surface area contributed by atoms with Crippen molar-refractivity contribution >= 4 is 39.7 Å². The summed E-state index contributed by atoms with van der Waals surface area (Å²) < 4.78 is 118. The van der Waals surface area contributed by atoms with E-state index in [9.17, 15) is 50.4 Å². The Kier molecular flexibility index (Phi) is 49.6. The zero-order valence-electron chi connectivity index (χ0n) is 38.4. The molecular weight excluding hydrogens is 1130 g/mol. The van der Waals surface area contributed by atoms with Crippen LogP contribution < -0.4 is 0 Å². The van der Waals surface area contributed by atoms with Gasteiger partial charge in [-0.05, 0) is 34.2 Å². The molecule has 0 aliphatic carbocycles. The molecule has 2 radical (unpaired) electrons. The van der Waals surface area contributed by atoms with Gasteiger partial charge in [0.1, 0.15) is 0 Å². The van der Waals surface area contributed by atoms with Gasteiger partial charge in [-0.25, -0.2) is 11.8 Å². The number of carbonyl (C=O) groups excluding carboxylic acids is 4. The Morgan fingerprint density at radius 2 is 0.896 bits per heavy atom. The molecule has 0 aliphatic rings. The van der Waals surface area contributed by atoms with Crippen LogP contribution in [0.4, 0.5) is 50.4 Å². The maximum atomic E-state index is 9.87. The van der Waals surface area contributed by atoms with Gasteiger partial charge in [-0.3, -0.25) is 6.08 Å². The fraction of sp³-hybridized carbons (Fsp3) is 0.256. The van der Waals surface area contributed by atoms with Crippen molar-refractivity contribution < 1.29 is 108 Å². The summed E-state index contributed by atoms with van der Waals surface area (Å²) in [6.07, 6.45) is 6.85. The van der Waals surface area contributed by atoms with Gasteiger partial charge in [0.25, 0.3) is 0 Å². The summed E-state index contributed by atoms with van der Waals surface area (Å²) in [5, 5.41) is 9.43. The molecule has 0 spiro atoms. The van der Waals surface area contributed by atoms with E-state index in [0.717, 1.165) is 25.8 Å². The third kappa shape index (κ3) is 93.0. The zero-order chi connectivity index (χ0) is 50.4. The zero-order valence-corrected chi connectivity index (χ0v) is 43.6. The molecule has 0 saturated carbocycles. The van der Waals surface area contributed by atoms with Crippen LogP contribution in [0.5, 0.6) is 0 Å². The van der Waals surface area contributed by atoms with Crippen molar-refractivity contribution in [2.45, 2.75) is 47.7 Å². The van der Waals surface area contributed by atoms with Crippen molar-refractivity contribution in [2.24, 2.45) is 0 Å². The van der Waals surface area contributed by atoms with Crippen LogP contribution >= 0.6 is 15.6 Å². The standard InChI is InChI=1S/C14H20N2.C11H16N.2C6H6.C2H4N.2CO2.2CH3.2F6P.2Ru/c1-5-12(3)14-10-8-7-9-13(14)11-16(4)15-6-2;1-4-10-7-5-6-8-11(10)9-12(2)3;2*1-2-4-6-5-3-1;1-2-3;2*2-1-3;;;2*1-7(2,3,4,5)6;;/h7-10H,6,11H2,1-4H3;4-8H,9H2,1-3H3;2*1-6H;2H,1H3;;;2*1H3;;;;/q-2;-1;;;-1;;;4*-1;2*+3.